The summed E-state index contributed by atoms with van der Waals surface area (Å²) in [6.07, 6.45) is 1.07. The SMILES string of the molecule is C[N+]1(C)CCC(N2CC(c3ccccc3)(c3ccccc3)NC2=O)C1.[I-]. The maximum absolute atomic E-state index is 12.9. The van der Waals surface area contributed by atoms with E-state index in [2.05, 4.69) is 48.6 Å². The van der Waals surface area contributed by atoms with Gasteiger partial charge in [-0.25, -0.2) is 4.79 Å². The van der Waals surface area contributed by atoms with Crippen molar-refractivity contribution in [1.29, 1.82) is 0 Å². The minimum atomic E-state index is -0.473. The molecule has 5 heteroatoms. The van der Waals surface area contributed by atoms with Gasteiger partial charge < -0.3 is 38.7 Å². The minimum absolute atomic E-state index is 0. The number of hydrogen-bond donors (Lipinski definition) is 1. The van der Waals surface area contributed by atoms with Crippen LogP contribution in [-0.2, 0) is 5.54 Å². The molecule has 2 aromatic rings. The topological polar surface area (TPSA) is 32.3 Å². The van der Waals surface area contributed by atoms with Gasteiger partial charge in [-0.3, -0.25) is 0 Å². The van der Waals surface area contributed by atoms with Crippen LogP contribution in [0.1, 0.15) is 17.5 Å². The van der Waals surface area contributed by atoms with Gasteiger partial charge in [0.05, 0.1) is 39.8 Å². The molecule has 2 saturated heterocycles. The first kappa shape index (κ1) is 19.2. The van der Waals surface area contributed by atoms with Gasteiger partial charge in [0, 0.05) is 6.42 Å². The predicted molar refractivity (Wildman–Crippen MR) is 99.1 cm³/mol. The Balaban J connectivity index is 0.00000196. The molecule has 0 radical (unpaired) electrons. The number of amides is 2. The number of carbonyl (C=O) groups excluding carboxylic acids is 1. The van der Waals surface area contributed by atoms with Crippen molar-refractivity contribution in [2.75, 3.05) is 33.7 Å². The summed E-state index contributed by atoms with van der Waals surface area (Å²) >= 11 is 0. The maximum atomic E-state index is 12.9. The van der Waals surface area contributed by atoms with Crippen molar-refractivity contribution in [2.45, 2.75) is 18.0 Å². The van der Waals surface area contributed by atoms with Crippen LogP contribution >= 0.6 is 0 Å². The first-order valence-electron chi connectivity index (χ1n) is 9.02. The lowest BCUT2D eigenvalue weighted by Gasteiger charge is -2.31. The van der Waals surface area contributed by atoms with Gasteiger partial charge in [-0.2, -0.15) is 0 Å². The van der Waals surface area contributed by atoms with Crippen molar-refractivity contribution < 1.29 is 33.3 Å². The summed E-state index contributed by atoms with van der Waals surface area (Å²) in [7, 11) is 4.49. The first-order chi connectivity index (χ1) is 12.0. The highest BCUT2D eigenvalue weighted by Gasteiger charge is 2.49. The Morgan fingerprint density at radius 3 is 2.00 bits per heavy atom. The largest absolute Gasteiger partial charge is 1.00 e. The summed E-state index contributed by atoms with van der Waals surface area (Å²) in [6, 6.07) is 21.1. The van der Waals surface area contributed by atoms with E-state index in [1.54, 1.807) is 0 Å². The molecule has 2 heterocycles. The number of nitrogens with one attached hydrogen (secondary N) is 1. The van der Waals surface area contributed by atoms with E-state index in [9.17, 15) is 4.79 Å². The van der Waals surface area contributed by atoms with Crippen molar-refractivity contribution in [3.05, 3.63) is 71.8 Å². The molecule has 2 fully saturated rings. The van der Waals surface area contributed by atoms with Gasteiger partial charge in [0.2, 0.25) is 0 Å². The molecule has 1 atom stereocenters. The maximum Gasteiger partial charge on any atom is 0.319 e. The predicted octanol–water partition coefficient (Wildman–Crippen LogP) is -0.192. The van der Waals surface area contributed by atoms with E-state index in [0.717, 1.165) is 35.1 Å². The second-order valence-electron chi connectivity index (χ2n) is 7.98. The lowest BCUT2D eigenvalue weighted by Crippen LogP contribution is -3.00. The average molecular weight is 463 g/mol. The molecule has 0 bridgehead atoms. The van der Waals surface area contributed by atoms with E-state index in [4.69, 9.17) is 0 Å². The van der Waals surface area contributed by atoms with E-state index in [1.807, 2.05) is 36.4 Å². The van der Waals surface area contributed by atoms with Gasteiger partial charge in [0.25, 0.3) is 0 Å². The lowest BCUT2D eigenvalue weighted by atomic mass is 9.83. The smallest absolute Gasteiger partial charge is 0.319 e. The van der Waals surface area contributed by atoms with Crippen molar-refractivity contribution in [1.82, 2.24) is 10.2 Å². The molecule has 2 aromatic carbocycles. The van der Waals surface area contributed by atoms with Crippen LogP contribution in [-0.4, -0.2) is 55.2 Å². The zero-order valence-electron chi connectivity index (χ0n) is 15.4. The van der Waals surface area contributed by atoms with Gasteiger partial charge in [0.1, 0.15) is 5.54 Å². The molecule has 26 heavy (non-hydrogen) atoms. The van der Waals surface area contributed by atoms with Gasteiger partial charge >= 0.3 is 6.03 Å². The van der Waals surface area contributed by atoms with Crippen LogP contribution < -0.4 is 29.3 Å². The average Bonchev–Trinajstić information content (AvgIpc) is 3.17. The van der Waals surface area contributed by atoms with Gasteiger partial charge in [-0.15, -0.1) is 0 Å². The van der Waals surface area contributed by atoms with E-state index in [0.29, 0.717) is 12.6 Å². The fraction of sp³-hybridized carbons (Fsp3) is 0.381. The Bertz CT molecular complexity index is 724. The molecule has 2 amide bonds. The summed E-state index contributed by atoms with van der Waals surface area (Å²) in [4.78, 5) is 15.0. The summed E-state index contributed by atoms with van der Waals surface area (Å²) in [5.41, 5.74) is 1.81. The van der Waals surface area contributed by atoms with Crippen LogP contribution in [0.25, 0.3) is 0 Å². The van der Waals surface area contributed by atoms with Crippen LogP contribution in [0.2, 0.25) is 0 Å². The fourth-order valence-corrected chi connectivity index (χ4v) is 4.36. The van der Waals surface area contributed by atoms with E-state index < -0.39 is 5.54 Å². The number of rotatable bonds is 3. The number of urea groups is 1. The second kappa shape index (κ2) is 7.19. The Kier molecular flexibility index (Phi) is 5.30. The molecule has 2 aliphatic rings. The number of halogens is 1. The van der Waals surface area contributed by atoms with Crippen molar-refractivity contribution in [2.24, 2.45) is 0 Å². The molecule has 0 spiro atoms. The zero-order valence-corrected chi connectivity index (χ0v) is 17.5. The molecule has 2 aliphatic heterocycles. The quantitative estimate of drug-likeness (QED) is 0.497. The molecule has 0 aliphatic carbocycles. The number of likely N-dealkylation sites (N-methyl/N-ethyl adjacent to an activating group) is 1. The molecular formula is C21H26IN3O. The third-order valence-corrected chi connectivity index (χ3v) is 5.74. The van der Waals surface area contributed by atoms with Gasteiger partial charge in [-0.05, 0) is 11.1 Å². The Morgan fingerprint density at radius 2 is 1.54 bits per heavy atom. The van der Waals surface area contributed by atoms with E-state index >= 15 is 0 Å². The normalized spacial score (nSPS) is 23.4. The summed E-state index contributed by atoms with van der Waals surface area (Å²) in [6.45, 7) is 2.83. The van der Waals surface area contributed by atoms with Crippen LogP contribution in [0.3, 0.4) is 0 Å². The van der Waals surface area contributed by atoms with Crippen molar-refractivity contribution in [3.8, 4) is 0 Å². The highest BCUT2D eigenvalue weighted by molar-refractivity contribution is 5.80. The highest BCUT2D eigenvalue weighted by Crippen LogP contribution is 2.36. The summed E-state index contributed by atoms with van der Waals surface area (Å²) in [5, 5.41) is 3.33. The van der Waals surface area contributed by atoms with Crippen molar-refractivity contribution >= 4 is 6.03 Å². The zero-order chi connectivity index (χ0) is 17.5. The Hall–Kier alpha value is -1.60. The number of quaternary nitrogens is 1. The van der Waals surface area contributed by atoms with Gasteiger partial charge in [-0.1, -0.05) is 60.7 Å². The highest BCUT2D eigenvalue weighted by atomic mass is 127. The lowest BCUT2D eigenvalue weighted by molar-refractivity contribution is -0.878. The Labute approximate surface area is 172 Å². The van der Waals surface area contributed by atoms with Crippen LogP contribution in [0.15, 0.2) is 60.7 Å². The molecule has 4 rings (SSSR count). The minimum Gasteiger partial charge on any atom is -1.00 e. The standard InChI is InChI=1S/C21H25N3O.HI/c1-24(2)14-13-19(15-24)23-16-21(22-20(23)25,17-9-5-3-6-10-17)18-11-7-4-8-12-18;/h3-12,19H,13-16H2,1-2H3;1H. The number of hydrogen-bond acceptors (Lipinski definition) is 1. The third kappa shape index (κ3) is 3.34. The van der Waals surface area contributed by atoms with Gasteiger partial charge in [0.15, 0.2) is 0 Å². The Morgan fingerprint density at radius 1 is 1.00 bits per heavy atom. The number of benzene rings is 2. The first-order valence-corrected chi connectivity index (χ1v) is 9.02. The van der Waals surface area contributed by atoms with Crippen LogP contribution in [0, 0.1) is 0 Å². The fourth-order valence-electron chi connectivity index (χ4n) is 4.36. The summed E-state index contributed by atoms with van der Waals surface area (Å²) < 4.78 is 0.984. The molecule has 0 aromatic heterocycles. The molecule has 0 saturated carbocycles. The molecular weight excluding hydrogens is 437 g/mol. The van der Waals surface area contributed by atoms with E-state index in [1.165, 1.54) is 0 Å². The van der Waals surface area contributed by atoms with Crippen molar-refractivity contribution in [3.63, 3.8) is 0 Å². The van der Waals surface area contributed by atoms with Crippen LogP contribution in [0.5, 0.6) is 0 Å². The number of carbonyl (C=O) groups is 1. The van der Waals surface area contributed by atoms with Crippen LogP contribution in [0.4, 0.5) is 4.79 Å². The van der Waals surface area contributed by atoms with E-state index in [-0.39, 0.29) is 30.0 Å². The number of likely N-dealkylation sites (tertiary alicyclic amines) is 1. The molecule has 1 unspecified atom stereocenters. The third-order valence-electron chi connectivity index (χ3n) is 5.74. The monoisotopic (exact) mass is 463 g/mol. The second-order valence-corrected chi connectivity index (χ2v) is 7.98. The number of nitrogens with zero attached hydrogens (tertiary/aromatic N) is 2. The molecule has 1 N–H and O–H groups in total. The summed E-state index contributed by atoms with van der Waals surface area (Å²) in [5.74, 6) is 0. The molecule has 4 nitrogen and oxygen atoms in total. The molecule has 138 valence electrons.